The summed E-state index contributed by atoms with van der Waals surface area (Å²) >= 11 is 0. The minimum atomic E-state index is -0.154. The number of furan rings is 1. The number of piperidine rings is 1. The molecule has 78 valence electrons. The second-order valence-corrected chi connectivity index (χ2v) is 4.06. The Kier molecular flexibility index (Phi) is 2.89. The van der Waals surface area contributed by atoms with Crippen LogP contribution in [-0.2, 0) is 6.54 Å². The summed E-state index contributed by atoms with van der Waals surface area (Å²) < 4.78 is 5.38. The van der Waals surface area contributed by atoms with Gasteiger partial charge < -0.3 is 9.52 Å². The van der Waals surface area contributed by atoms with E-state index in [2.05, 4.69) is 11.8 Å². The van der Waals surface area contributed by atoms with Gasteiger partial charge in [-0.05, 0) is 37.9 Å². The second kappa shape index (κ2) is 4.15. The van der Waals surface area contributed by atoms with Gasteiger partial charge in [-0.25, -0.2) is 0 Å². The summed E-state index contributed by atoms with van der Waals surface area (Å²) in [5.41, 5.74) is 1.20. The highest BCUT2D eigenvalue weighted by atomic mass is 16.3. The van der Waals surface area contributed by atoms with Crippen molar-refractivity contribution in [3.05, 3.63) is 23.7 Å². The van der Waals surface area contributed by atoms with Crippen molar-refractivity contribution in [2.75, 3.05) is 13.1 Å². The number of hydrogen-bond acceptors (Lipinski definition) is 3. The zero-order chi connectivity index (χ0) is 9.97. The highest BCUT2D eigenvalue weighted by Gasteiger charge is 2.18. The predicted molar refractivity (Wildman–Crippen MR) is 54.0 cm³/mol. The summed E-state index contributed by atoms with van der Waals surface area (Å²) in [6.07, 6.45) is 3.60. The Morgan fingerprint density at radius 2 is 2.50 bits per heavy atom. The maximum Gasteiger partial charge on any atom is 0.120 e. The smallest absolute Gasteiger partial charge is 0.120 e. The zero-order valence-corrected chi connectivity index (χ0v) is 8.57. The van der Waals surface area contributed by atoms with E-state index in [1.165, 1.54) is 5.56 Å². The summed E-state index contributed by atoms with van der Waals surface area (Å²) in [4.78, 5) is 2.25. The van der Waals surface area contributed by atoms with Crippen LogP contribution in [0.25, 0.3) is 0 Å². The number of aryl methyl sites for hydroxylation is 1. The average molecular weight is 195 g/mol. The number of aliphatic hydroxyl groups excluding tert-OH is 1. The molecule has 3 heteroatoms. The monoisotopic (exact) mass is 195 g/mol. The summed E-state index contributed by atoms with van der Waals surface area (Å²) in [5.74, 6) is 1.03. The van der Waals surface area contributed by atoms with Gasteiger partial charge >= 0.3 is 0 Å². The molecule has 0 aliphatic carbocycles. The molecule has 0 aromatic carbocycles. The number of β-amino-alcohol motifs (C(OH)–C–C–N with tert-alkyl or cyclic N) is 1. The van der Waals surface area contributed by atoms with E-state index < -0.39 is 0 Å². The number of hydrogen-bond donors (Lipinski definition) is 1. The van der Waals surface area contributed by atoms with Gasteiger partial charge in [-0.3, -0.25) is 4.90 Å². The molecule has 0 bridgehead atoms. The minimum absolute atomic E-state index is 0.154. The lowest BCUT2D eigenvalue weighted by Crippen LogP contribution is -2.37. The van der Waals surface area contributed by atoms with E-state index in [0.29, 0.717) is 0 Å². The fourth-order valence-corrected chi connectivity index (χ4v) is 1.94. The Labute approximate surface area is 84.3 Å². The molecule has 1 saturated heterocycles. The Bertz CT molecular complexity index is 295. The van der Waals surface area contributed by atoms with Crippen LogP contribution in [0.5, 0.6) is 0 Å². The molecule has 1 atom stereocenters. The van der Waals surface area contributed by atoms with Crippen LogP contribution in [0.2, 0.25) is 0 Å². The lowest BCUT2D eigenvalue weighted by Gasteiger charge is -2.29. The third-order valence-corrected chi connectivity index (χ3v) is 2.82. The fraction of sp³-hybridized carbons (Fsp3) is 0.636. The van der Waals surface area contributed by atoms with Crippen LogP contribution in [0.3, 0.4) is 0 Å². The lowest BCUT2D eigenvalue weighted by molar-refractivity contribution is 0.0632. The topological polar surface area (TPSA) is 36.6 Å². The van der Waals surface area contributed by atoms with E-state index in [4.69, 9.17) is 4.42 Å². The maximum absolute atomic E-state index is 9.51. The molecule has 0 saturated carbocycles. The van der Waals surface area contributed by atoms with Crippen molar-refractivity contribution < 1.29 is 9.52 Å². The number of nitrogens with zero attached hydrogens (tertiary/aromatic N) is 1. The standard InChI is InChI=1S/C11H17NO2/c1-9-4-6-14-11(9)8-12-5-2-3-10(13)7-12/h4,6,10,13H,2-3,5,7-8H2,1H3. The van der Waals surface area contributed by atoms with E-state index >= 15 is 0 Å². The molecule has 0 spiro atoms. The van der Waals surface area contributed by atoms with Crippen LogP contribution in [0.4, 0.5) is 0 Å². The van der Waals surface area contributed by atoms with Crippen LogP contribution in [0, 0.1) is 6.92 Å². The molecule has 1 aromatic rings. The van der Waals surface area contributed by atoms with E-state index in [9.17, 15) is 5.11 Å². The van der Waals surface area contributed by atoms with Gasteiger partial charge in [-0.15, -0.1) is 0 Å². The van der Waals surface area contributed by atoms with Crippen LogP contribution in [0.1, 0.15) is 24.2 Å². The van der Waals surface area contributed by atoms with Gasteiger partial charge in [0.25, 0.3) is 0 Å². The first-order chi connectivity index (χ1) is 6.75. The van der Waals surface area contributed by atoms with Gasteiger partial charge in [0.15, 0.2) is 0 Å². The largest absolute Gasteiger partial charge is 0.468 e. The molecule has 2 heterocycles. The van der Waals surface area contributed by atoms with E-state index in [0.717, 1.165) is 38.2 Å². The van der Waals surface area contributed by atoms with Gasteiger partial charge in [-0.2, -0.15) is 0 Å². The SMILES string of the molecule is Cc1ccoc1CN1CCCC(O)C1. The summed E-state index contributed by atoms with van der Waals surface area (Å²) in [5, 5.41) is 9.51. The fourth-order valence-electron chi connectivity index (χ4n) is 1.94. The van der Waals surface area contributed by atoms with Crippen molar-refractivity contribution in [3.63, 3.8) is 0 Å². The Morgan fingerprint density at radius 3 is 3.14 bits per heavy atom. The first kappa shape index (κ1) is 9.74. The van der Waals surface area contributed by atoms with Crippen molar-refractivity contribution in [3.8, 4) is 0 Å². The predicted octanol–water partition coefficient (Wildman–Crippen LogP) is 1.54. The third-order valence-electron chi connectivity index (χ3n) is 2.82. The molecule has 0 radical (unpaired) electrons. The quantitative estimate of drug-likeness (QED) is 0.777. The molecule has 3 nitrogen and oxygen atoms in total. The Balaban J connectivity index is 1.94. The first-order valence-electron chi connectivity index (χ1n) is 5.19. The molecular formula is C11H17NO2. The van der Waals surface area contributed by atoms with Crippen LogP contribution < -0.4 is 0 Å². The molecule has 2 rings (SSSR count). The Morgan fingerprint density at radius 1 is 1.64 bits per heavy atom. The first-order valence-corrected chi connectivity index (χ1v) is 5.19. The molecule has 1 aromatic heterocycles. The highest BCUT2D eigenvalue weighted by Crippen LogP contribution is 2.16. The highest BCUT2D eigenvalue weighted by molar-refractivity contribution is 5.14. The van der Waals surface area contributed by atoms with Crippen LogP contribution >= 0.6 is 0 Å². The molecule has 0 amide bonds. The Hall–Kier alpha value is -0.800. The van der Waals surface area contributed by atoms with Crippen LogP contribution in [-0.4, -0.2) is 29.2 Å². The molecule has 1 aliphatic rings. The number of likely N-dealkylation sites (tertiary alicyclic amines) is 1. The maximum atomic E-state index is 9.51. The van der Waals surface area contributed by atoms with Gasteiger partial charge in [0, 0.05) is 6.54 Å². The van der Waals surface area contributed by atoms with Crippen molar-refractivity contribution in [1.82, 2.24) is 4.90 Å². The van der Waals surface area contributed by atoms with E-state index in [1.54, 1.807) is 6.26 Å². The zero-order valence-electron chi connectivity index (χ0n) is 8.57. The van der Waals surface area contributed by atoms with Crippen molar-refractivity contribution >= 4 is 0 Å². The number of aliphatic hydroxyl groups is 1. The average Bonchev–Trinajstić information content (AvgIpc) is 2.52. The van der Waals surface area contributed by atoms with Gasteiger partial charge in [0.05, 0.1) is 18.9 Å². The summed E-state index contributed by atoms with van der Waals surface area (Å²) in [6.45, 7) is 4.73. The summed E-state index contributed by atoms with van der Waals surface area (Å²) in [7, 11) is 0. The molecule has 1 N–H and O–H groups in total. The van der Waals surface area contributed by atoms with Crippen molar-refractivity contribution in [1.29, 1.82) is 0 Å². The summed E-state index contributed by atoms with van der Waals surface area (Å²) in [6, 6.07) is 1.98. The molecule has 14 heavy (non-hydrogen) atoms. The van der Waals surface area contributed by atoms with Gasteiger partial charge in [0.1, 0.15) is 5.76 Å². The molecule has 1 aliphatic heterocycles. The van der Waals surface area contributed by atoms with E-state index in [-0.39, 0.29) is 6.10 Å². The second-order valence-electron chi connectivity index (χ2n) is 4.06. The minimum Gasteiger partial charge on any atom is -0.468 e. The van der Waals surface area contributed by atoms with Crippen molar-refractivity contribution in [2.24, 2.45) is 0 Å². The number of rotatable bonds is 2. The molecular weight excluding hydrogens is 178 g/mol. The van der Waals surface area contributed by atoms with Gasteiger partial charge in [0.2, 0.25) is 0 Å². The molecule has 1 fully saturated rings. The lowest BCUT2D eigenvalue weighted by atomic mass is 10.1. The normalized spacial score (nSPS) is 24.0. The van der Waals surface area contributed by atoms with Crippen LogP contribution in [0.15, 0.2) is 16.7 Å². The third kappa shape index (κ3) is 2.16. The van der Waals surface area contributed by atoms with Gasteiger partial charge in [-0.1, -0.05) is 0 Å². The molecule has 1 unspecified atom stereocenters. The van der Waals surface area contributed by atoms with E-state index in [1.807, 2.05) is 6.07 Å². The van der Waals surface area contributed by atoms with Crippen molar-refractivity contribution in [2.45, 2.75) is 32.4 Å².